The van der Waals surface area contributed by atoms with Gasteiger partial charge in [0.1, 0.15) is 11.5 Å². The van der Waals surface area contributed by atoms with Gasteiger partial charge >= 0.3 is 0 Å². The molecule has 3 rings (SSSR count). The van der Waals surface area contributed by atoms with Crippen LogP contribution in [-0.4, -0.2) is 45.9 Å². The fourth-order valence-corrected chi connectivity index (χ4v) is 3.10. The Hall–Kier alpha value is -2.08. The number of amides is 1. The number of carbonyl (C=O) groups excluding carboxylic acids is 1. The summed E-state index contributed by atoms with van der Waals surface area (Å²) in [6, 6.07) is 3.96. The van der Waals surface area contributed by atoms with Crippen LogP contribution in [0.2, 0.25) is 0 Å². The summed E-state index contributed by atoms with van der Waals surface area (Å²) in [7, 11) is 5.55. The predicted octanol–water partition coefficient (Wildman–Crippen LogP) is 1.51. The minimum absolute atomic E-state index is 0.116. The second-order valence-corrected chi connectivity index (χ2v) is 6.15. The van der Waals surface area contributed by atoms with Crippen molar-refractivity contribution in [2.45, 2.75) is 25.9 Å². The number of nitrogens with zero attached hydrogens (tertiary/aromatic N) is 4. The number of rotatable bonds is 3. The Bertz CT molecular complexity index is 686. The molecule has 0 fully saturated rings. The van der Waals surface area contributed by atoms with Gasteiger partial charge in [-0.25, -0.2) is 4.98 Å². The molecule has 0 saturated heterocycles. The lowest BCUT2D eigenvalue weighted by molar-refractivity contribution is -0.131. The number of furan rings is 1. The Morgan fingerprint density at radius 3 is 2.86 bits per heavy atom. The minimum Gasteiger partial charge on any atom is -0.465 e. The Morgan fingerprint density at radius 2 is 2.23 bits per heavy atom. The zero-order chi connectivity index (χ0) is 15.9. The van der Waals surface area contributed by atoms with Crippen LogP contribution in [0.5, 0.6) is 0 Å². The molecule has 118 valence electrons. The normalized spacial score (nSPS) is 18.3. The third-order valence-corrected chi connectivity index (χ3v) is 4.12. The van der Waals surface area contributed by atoms with Crippen LogP contribution >= 0.6 is 0 Å². The number of likely N-dealkylation sites (N-methyl/N-ethyl adjacent to an activating group) is 1. The van der Waals surface area contributed by atoms with Crippen LogP contribution in [0, 0.1) is 6.92 Å². The Labute approximate surface area is 130 Å². The van der Waals surface area contributed by atoms with Crippen LogP contribution in [-0.2, 0) is 24.9 Å². The first-order valence-electron chi connectivity index (χ1n) is 7.44. The highest BCUT2D eigenvalue weighted by Gasteiger charge is 2.34. The van der Waals surface area contributed by atoms with Crippen molar-refractivity contribution >= 4 is 5.91 Å². The largest absolute Gasteiger partial charge is 0.465 e. The minimum atomic E-state index is -0.178. The topological polar surface area (TPSA) is 54.5 Å². The van der Waals surface area contributed by atoms with Crippen molar-refractivity contribution in [1.29, 1.82) is 0 Å². The van der Waals surface area contributed by atoms with Gasteiger partial charge in [0.15, 0.2) is 0 Å². The molecule has 6 nitrogen and oxygen atoms in total. The van der Waals surface area contributed by atoms with Crippen molar-refractivity contribution in [3.05, 3.63) is 41.4 Å². The van der Waals surface area contributed by atoms with Gasteiger partial charge in [0.05, 0.1) is 30.2 Å². The Morgan fingerprint density at radius 1 is 1.45 bits per heavy atom. The molecule has 0 radical (unpaired) electrons. The molecular formula is C16H22N4O2. The van der Waals surface area contributed by atoms with Crippen molar-refractivity contribution < 1.29 is 9.21 Å². The van der Waals surface area contributed by atoms with Gasteiger partial charge < -0.3 is 13.9 Å². The van der Waals surface area contributed by atoms with Gasteiger partial charge in [-0.2, -0.15) is 0 Å². The molecule has 22 heavy (non-hydrogen) atoms. The van der Waals surface area contributed by atoms with E-state index < -0.39 is 0 Å². The monoisotopic (exact) mass is 302 g/mol. The number of aryl methyl sites for hydroxylation is 2. The lowest BCUT2D eigenvalue weighted by Gasteiger charge is -2.32. The van der Waals surface area contributed by atoms with E-state index in [4.69, 9.17) is 4.42 Å². The van der Waals surface area contributed by atoms with Gasteiger partial charge in [0.2, 0.25) is 5.91 Å². The molecule has 1 unspecified atom stereocenters. The zero-order valence-electron chi connectivity index (χ0n) is 13.5. The van der Waals surface area contributed by atoms with E-state index in [9.17, 15) is 4.79 Å². The van der Waals surface area contributed by atoms with E-state index in [1.54, 1.807) is 25.3 Å². The summed E-state index contributed by atoms with van der Waals surface area (Å²) in [5.74, 6) is 1.77. The Kier molecular flexibility index (Phi) is 3.78. The maximum atomic E-state index is 12.5. The lowest BCUT2D eigenvalue weighted by atomic mass is 9.96. The van der Waals surface area contributed by atoms with E-state index in [0.29, 0.717) is 13.1 Å². The first-order chi connectivity index (χ1) is 10.5. The lowest BCUT2D eigenvalue weighted by Crippen LogP contribution is -2.41. The molecule has 0 bridgehead atoms. The number of hydrogen-bond acceptors (Lipinski definition) is 4. The van der Waals surface area contributed by atoms with E-state index in [-0.39, 0.29) is 11.8 Å². The van der Waals surface area contributed by atoms with Crippen LogP contribution < -0.4 is 0 Å². The fraction of sp³-hybridized carbons (Fsp3) is 0.500. The van der Waals surface area contributed by atoms with Crippen molar-refractivity contribution in [1.82, 2.24) is 19.4 Å². The number of aromatic nitrogens is 2. The fourth-order valence-electron chi connectivity index (χ4n) is 3.10. The summed E-state index contributed by atoms with van der Waals surface area (Å²) in [5.41, 5.74) is 2.02. The number of carbonyl (C=O) groups is 1. The van der Waals surface area contributed by atoms with E-state index in [2.05, 4.69) is 9.88 Å². The van der Waals surface area contributed by atoms with Crippen LogP contribution in [0.3, 0.4) is 0 Å². The van der Waals surface area contributed by atoms with E-state index >= 15 is 0 Å². The van der Waals surface area contributed by atoms with Crippen LogP contribution in [0.15, 0.2) is 22.9 Å². The molecule has 1 amide bonds. The number of imidazole rings is 1. The standard InChI is InChI=1S/C16H22N4O2/c1-11-5-6-12(22-11)7-20-8-13(16(21)18(2)3)15-14(9-20)17-10-19(15)4/h5-6,10,13H,7-9H2,1-4H3. The van der Waals surface area contributed by atoms with Crippen molar-refractivity contribution in [2.24, 2.45) is 7.05 Å². The summed E-state index contributed by atoms with van der Waals surface area (Å²) in [6.07, 6.45) is 1.79. The summed E-state index contributed by atoms with van der Waals surface area (Å²) < 4.78 is 7.63. The molecule has 0 saturated carbocycles. The quantitative estimate of drug-likeness (QED) is 0.862. The highest BCUT2D eigenvalue weighted by Crippen LogP contribution is 2.29. The summed E-state index contributed by atoms with van der Waals surface area (Å²) in [4.78, 5) is 20.9. The van der Waals surface area contributed by atoms with Crippen molar-refractivity contribution in [3.8, 4) is 0 Å². The van der Waals surface area contributed by atoms with E-state index in [1.807, 2.05) is 30.7 Å². The van der Waals surface area contributed by atoms with Gasteiger partial charge in [-0.15, -0.1) is 0 Å². The second kappa shape index (κ2) is 5.61. The highest BCUT2D eigenvalue weighted by atomic mass is 16.3. The molecule has 6 heteroatoms. The highest BCUT2D eigenvalue weighted by molar-refractivity contribution is 5.83. The van der Waals surface area contributed by atoms with E-state index in [1.165, 1.54) is 0 Å². The smallest absolute Gasteiger partial charge is 0.232 e. The molecular weight excluding hydrogens is 280 g/mol. The maximum absolute atomic E-state index is 12.5. The van der Waals surface area contributed by atoms with Crippen molar-refractivity contribution in [3.63, 3.8) is 0 Å². The van der Waals surface area contributed by atoms with Gasteiger partial charge in [-0.3, -0.25) is 9.69 Å². The maximum Gasteiger partial charge on any atom is 0.232 e. The van der Waals surface area contributed by atoms with Gasteiger partial charge in [-0.05, 0) is 19.1 Å². The number of fused-ring (bicyclic) bond motifs is 1. The molecule has 0 N–H and O–H groups in total. The molecule has 1 aliphatic rings. The third kappa shape index (κ3) is 2.66. The van der Waals surface area contributed by atoms with Crippen molar-refractivity contribution in [2.75, 3.05) is 20.6 Å². The van der Waals surface area contributed by atoms with Crippen LogP contribution in [0.4, 0.5) is 0 Å². The zero-order valence-corrected chi connectivity index (χ0v) is 13.5. The number of hydrogen-bond donors (Lipinski definition) is 0. The van der Waals surface area contributed by atoms with Gasteiger partial charge in [0, 0.05) is 34.2 Å². The van der Waals surface area contributed by atoms with Crippen LogP contribution in [0.25, 0.3) is 0 Å². The van der Waals surface area contributed by atoms with Crippen LogP contribution in [0.1, 0.15) is 28.8 Å². The average molecular weight is 302 g/mol. The molecule has 3 heterocycles. The van der Waals surface area contributed by atoms with E-state index in [0.717, 1.165) is 29.5 Å². The van der Waals surface area contributed by atoms with Gasteiger partial charge in [0.25, 0.3) is 0 Å². The average Bonchev–Trinajstić information content (AvgIpc) is 3.04. The summed E-state index contributed by atoms with van der Waals surface area (Å²) in [6.45, 7) is 4.06. The molecule has 0 aliphatic carbocycles. The third-order valence-electron chi connectivity index (χ3n) is 4.12. The second-order valence-electron chi connectivity index (χ2n) is 6.15. The molecule has 2 aromatic heterocycles. The molecule has 1 aliphatic heterocycles. The predicted molar refractivity (Wildman–Crippen MR) is 82.2 cm³/mol. The molecule has 0 spiro atoms. The molecule has 1 atom stereocenters. The summed E-state index contributed by atoms with van der Waals surface area (Å²) >= 11 is 0. The SMILES string of the molecule is Cc1ccc(CN2Cc3ncn(C)c3C(C(=O)N(C)C)C2)o1. The molecule has 2 aromatic rings. The first kappa shape index (κ1) is 14.8. The summed E-state index contributed by atoms with van der Waals surface area (Å²) in [5, 5.41) is 0. The Balaban J connectivity index is 1.86. The first-order valence-corrected chi connectivity index (χ1v) is 7.44. The molecule has 0 aromatic carbocycles. The van der Waals surface area contributed by atoms with Gasteiger partial charge in [-0.1, -0.05) is 0 Å².